The van der Waals surface area contributed by atoms with E-state index < -0.39 is 17.6 Å². The number of halogens is 3. The molecule has 0 fully saturated rings. The highest BCUT2D eigenvalue weighted by atomic mass is 19.4. The number of alkyl halides is 3. The van der Waals surface area contributed by atoms with Gasteiger partial charge in [-0.3, -0.25) is 9.78 Å². The number of carbonyl (C=O) groups is 1. The Labute approximate surface area is 152 Å². The fourth-order valence-corrected chi connectivity index (χ4v) is 2.21. The number of rotatable bonds is 5. The molecule has 0 aliphatic heterocycles. The molecule has 1 aromatic carbocycles. The Kier molecular flexibility index (Phi) is 5.30. The smallest absolute Gasteiger partial charge is 0.366 e. The highest BCUT2D eigenvalue weighted by Gasteiger charge is 2.30. The van der Waals surface area contributed by atoms with Crippen LogP contribution in [0.2, 0.25) is 0 Å². The molecule has 27 heavy (non-hydrogen) atoms. The molecule has 0 saturated carbocycles. The molecular weight excluding hydrogens is 359 g/mol. The predicted molar refractivity (Wildman–Crippen MR) is 93.0 cm³/mol. The van der Waals surface area contributed by atoms with Crippen molar-refractivity contribution in [3.63, 3.8) is 0 Å². The zero-order valence-corrected chi connectivity index (χ0v) is 13.9. The average molecular weight is 373 g/mol. The maximum atomic E-state index is 12.6. The average Bonchev–Trinajstić information content (AvgIpc) is 2.67. The molecule has 0 radical (unpaired) electrons. The summed E-state index contributed by atoms with van der Waals surface area (Å²) in [6.07, 6.45) is 0.140. The van der Waals surface area contributed by atoms with Crippen LogP contribution in [0.3, 0.4) is 0 Å². The molecule has 6 nitrogen and oxygen atoms in total. The number of hydrogen-bond donors (Lipinski definition) is 2. The molecule has 138 valence electrons. The summed E-state index contributed by atoms with van der Waals surface area (Å²) in [5, 5.41) is 5.57. The monoisotopic (exact) mass is 373 g/mol. The summed E-state index contributed by atoms with van der Waals surface area (Å²) in [6, 6.07) is 9.31. The summed E-state index contributed by atoms with van der Waals surface area (Å²) in [5.41, 5.74) is 0.518. The van der Waals surface area contributed by atoms with Crippen molar-refractivity contribution < 1.29 is 18.0 Å². The molecule has 0 aliphatic carbocycles. The van der Waals surface area contributed by atoms with E-state index in [0.717, 1.165) is 17.7 Å². The number of nitrogens with zero attached hydrogens (tertiary/aromatic N) is 3. The van der Waals surface area contributed by atoms with Gasteiger partial charge < -0.3 is 10.6 Å². The summed E-state index contributed by atoms with van der Waals surface area (Å²) >= 11 is 0. The molecule has 0 bridgehead atoms. The standard InChI is InChI=1S/C18H14F3N5O/c19-18(20,21)13-1-3-14(4-2-13)26-17(27)15-9-16(25-11-24-15)23-10-12-5-7-22-8-6-12/h1-9,11H,10H2,(H,26,27)(H,23,24,25). The fraction of sp³-hybridized carbons (Fsp3) is 0.111. The van der Waals surface area contributed by atoms with Gasteiger partial charge in [-0.25, -0.2) is 9.97 Å². The van der Waals surface area contributed by atoms with Crippen molar-refractivity contribution in [2.75, 3.05) is 10.6 Å². The van der Waals surface area contributed by atoms with Gasteiger partial charge in [-0.15, -0.1) is 0 Å². The van der Waals surface area contributed by atoms with E-state index in [1.54, 1.807) is 12.4 Å². The lowest BCUT2D eigenvalue weighted by Gasteiger charge is -2.09. The van der Waals surface area contributed by atoms with Gasteiger partial charge in [0.05, 0.1) is 5.56 Å². The van der Waals surface area contributed by atoms with Crippen LogP contribution in [0.1, 0.15) is 21.6 Å². The van der Waals surface area contributed by atoms with Gasteiger partial charge in [-0.05, 0) is 42.0 Å². The Bertz CT molecular complexity index is 914. The van der Waals surface area contributed by atoms with E-state index in [-0.39, 0.29) is 11.4 Å². The lowest BCUT2D eigenvalue weighted by molar-refractivity contribution is -0.137. The van der Waals surface area contributed by atoms with Crippen molar-refractivity contribution in [2.45, 2.75) is 12.7 Å². The number of amides is 1. The highest BCUT2D eigenvalue weighted by molar-refractivity contribution is 6.03. The lowest BCUT2D eigenvalue weighted by atomic mass is 10.2. The van der Waals surface area contributed by atoms with Gasteiger partial charge in [0.1, 0.15) is 17.8 Å². The lowest BCUT2D eigenvalue weighted by Crippen LogP contribution is -2.15. The largest absolute Gasteiger partial charge is 0.416 e. The second-order valence-electron chi connectivity index (χ2n) is 5.53. The minimum Gasteiger partial charge on any atom is -0.366 e. The van der Waals surface area contributed by atoms with Crippen molar-refractivity contribution in [3.8, 4) is 0 Å². The zero-order valence-electron chi connectivity index (χ0n) is 13.9. The van der Waals surface area contributed by atoms with Crippen LogP contribution in [0.4, 0.5) is 24.7 Å². The van der Waals surface area contributed by atoms with E-state index in [9.17, 15) is 18.0 Å². The molecule has 3 aromatic rings. The molecule has 0 spiro atoms. The maximum absolute atomic E-state index is 12.6. The van der Waals surface area contributed by atoms with Crippen molar-refractivity contribution in [3.05, 3.63) is 78.0 Å². The van der Waals surface area contributed by atoms with Crippen molar-refractivity contribution in [1.82, 2.24) is 15.0 Å². The van der Waals surface area contributed by atoms with Gasteiger partial charge in [0.15, 0.2) is 0 Å². The number of carbonyl (C=O) groups excluding carboxylic acids is 1. The van der Waals surface area contributed by atoms with Crippen LogP contribution in [0.15, 0.2) is 61.2 Å². The molecule has 3 rings (SSSR count). The first kappa shape index (κ1) is 18.3. The third-order valence-electron chi connectivity index (χ3n) is 3.59. The Balaban J connectivity index is 1.64. The second-order valence-corrected chi connectivity index (χ2v) is 5.53. The molecule has 0 saturated heterocycles. The summed E-state index contributed by atoms with van der Waals surface area (Å²) in [4.78, 5) is 24.1. The van der Waals surface area contributed by atoms with Crippen molar-refractivity contribution in [2.24, 2.45) is 0 Å². The van der Waals surface area contributed by atoms with Crippen LogP contribution in [-0.2, 0) is 12.7 Å². The SMILES string of the molecule is O=C(Nc1ccc(C(F)(F)F)cc1)c1cc(NCc2ccncc2)ncn1. The van der Waals surface area contributed by atoms with E-state index in [1.165, 1.54) is 24.5 Å². The second kappa shape index (κ2) is 7.81. The maximum Gasteiger partial charge on any atom is 0.416 e. The predicted octanol–water partition coefficient (Wildman–Crippen LogP) is 3.75. The Hall–Kier alpha value is -3.49. The zero-order chi connectivity index (χ0) is 19.3. The molecule has 2 aromatic heterocycles. The van der Waals surface area contributed by atoms with Gasteiger partial charge >= 0.3 is 6.18 Å². The first-order chi connectivity index (χ1) is 12.9. The first-order valence-electron chi connectivity index (χ1n) is 7.85. The Morgan fingerprint density at radius 3 is 2.37 bits per heavy atom. The topological polar surface area (TPSA) is 79.8 Å². The van der Waals surface area contributed by atoms with Crippen LogP contribution in [0.5, 0.6) is 0 Å². The van der Waals surface area contributed by atoms with E-state index in [0.29, 0.717) is 12.4 Å². The highest BCUT2D eigenvalue weighted by Crippen LogP contribution is 2.29. The van der Waals surface area contributed by atoms with E-state index in [1.807, 2.05) is 12.1 Å². The summed E-state index contributed by atoms with van der Waals surface area (Å²) in [7, 11) is 0. The third-order valence-corrected chi connectivity index (χ3v) is 3.59. The number of anilines is 2. The van der Waals surface area contributed by atoms with Gasteiger partial charge in [0, 0.05) is 30.7 Å². The molecular formula is C18H14F3N5O. The number of pyridine rings is 1. The summed E-state index contributed by atoms with van der Waals surface area (Å²) in [6.45, 7) is 0.486. The summed E-state index contributed by atoms with van der Waals surface area (Å²) in [5.74, 6) is -0.108. The molecule has 0 unspecified atom stereocenters. The van der Waals surface area contributed by atoms with Gasteiger partial charge in [0.25, 0.3) is 5.91 Å². The fourth-order valence-electron chi connectivity index (χ4n) is 2.21. The van der Waals surface area contributed by atoms with Crippen LogP contribution in [0, 0.1) is 0 Å². The van der Waals surface area contributed by atoms with Crippen LogP contribution < -0.4 is 10.6 Å². The minimum absolute atomic E-state index is 0.0853. The number of aromatic nitrogens is 3. The van der Waals surface area contributed by atoms with E-state index in [4.69, 9.17) is 0 Å². The molecule has 0 aliphatic rings. The number of benzene rings is 1. The quantitative estimate of drug-likeness (QED) is 0.712. The van der Waals surface area contributed by atoms with Crippen molar-refractivity contribution >= 4 is 17.4 Å². The van der Waals surface area contributed by atoms with Crippen LogP contribution in [0.25, 0.3) is 0 Å². The first-order valence-corrected chi connectivity index (χ1v) is 7.85. The summed E-state index contributed by atoms with van der Waals surface area (Å²) < 4.78 is 37.7. The minimum atomic E-state index is -4.43. The van der Waals surface area contributed by atoms with Gasteiger partial charge in [0.2, 0.25) is 0 Å². The number of hydrogen-bond acceptors (Lipinski definition) is 5. The normalized spacial score (nSPS) is 11.1. The molecule has 1 amide bonds. The van der Waals surface area contributed by atoms with Crippen LogP contribution in [-0.4, -0.2) is 20.9 Å². The van der Waals surface area contributed by atoms with Gasteiger partial charge in [-0.2, -0.15) is 13.2 Å². The van der Waals surface area contributed by atoms with Crippen molar-refractivity contribution in [1.29, 1.82) is 0 Å². The van der Waals surface area contributed by atoms with E-state index in [2.05, 4.69) is 25.6 Å². The molecule has 2 heterocycles. The van der Waals surface area contributed by atoms with E-state index >= 15 is 0 Å². The Morgan fingerprint density at radius 1 is 1.00 bits per heavy atom. The number of nitrogens with one attached hydrogen (secondary N) is 2. The Morgan fingerprint density at radius 2 is 1.70 bits per heavy atom. The van der Waals surface area contributed by atoms with Gasteiger partial charge in [-0.1, -0.05) is 0 Å². The molecule has 9 heteroatoms. The third kappa shape index (κ3) is 5.00. The molecule has 0 atom stereocenters. The van der Waals surface area contributed by atoms with Crippen LogP contribution >= 0.6 is 0 Å². The molecule has 2 N–H and O–H groups in total.